The van der Waals surface area contributed by atoms with E-state index >= 15 is 0 Å². The Morgan fingerprint density at radius 1 is 1.08 bits per heavy atom. The van der Waals surface area contributed by atoms with Crippen LogP contribution in [0.25, 0.3) is 4.96 Å². The highest BCUT2D eigenvalue weighted by molar-refractivity contribution is 7.15. The van der Waals surface area contributed by atoms with Crippen LogP contribution in [0.3, 0.4) is 0 Å². The van der Waals surface area contributed by atoms with E-state index in [4.69, 9.17) is 0 Å². The van der Waals surface area contributed by atoms with Crippen molar-refractivity contribution in [1.82, 2.24) is 19.2 Å². The van der Waals surface area contributed by atoms with Crippen molar-refractivity contribution in [2.45, 2.75) is 44.9 Å². The molecular formula is C19H26N4O2S. The average molecular weight is 375 g/mol. The molecule has 2 aromatic heterocycles. The van der Waals surface area contributed by atoms with Crippen molar-refractivity contribution in [2.75, 3.05) is 26.2 Å². The number of hydrogen-bond acceptors (Lipinski definition) is 4. The second kappa shape index (κ2) is 7.78. The quantitative estimate of drug-likeness (QED) is 0.808. The molecule has 0 unspecified atom stereocenters. The fourth-order valence-electron chi connectivity index (χ4n) is 4.12. The van der Waals surface area contributed by atoms with Crippen LogP contribution in [0.1, 0.15) is 44.2 Å². The smallest absolute Gasteiger partial charge is 0.228 e. The van der Waals surface area contributed by atoms with E-state index in [0.29, 0.717) is 39.0 Å². The van der Waals surface area contributed by atoms with Crippen LogP contribution in [-0.4, -0.2) is 57.2 Å². The molecule has 26 heavy (non-hydrogen) atoms. The lowest BCUT2D eigenvalue weighted by Gasteiger charge is -2.35. The highest BCUT2D eigenvalue weighted by Gasteiger charge is 2.25. The van der Waals surface area contributed by atoms with Crippen molar-refractivity contribution in [3.63, 3.8) is 0 Å². The topological polar surface area (TPSA) is 57.9 Å². The number of amides is 2. The maximum absolute atomic E-state index is 12.5. The van der Waals surface area contributed by atoms with Gasteiger partial charge in [-0.05, 0) is 12.3 Å². The van der Waals surface area contributed by atoms with Crippen LogP contribution in [0.2, 0.25) is 0 Å². The van der Waals surface area contributed by atoms with Gasteiger partial charge in [0, 0.05) is 50.4 Å². The van der Waals surface area contributed by atoms with Gasteiger partial charge in [0.15, 0.2) is 4.96 Å². The summed E-state index contributed by atoms with van der Waals surface area (Å²) in [7, 11) is 0. The van der Waals surface area contributed by atoms with Crippen molar-refractivity contribution in [1.29, 1.82) is 0 Å². The van der Waals surface area contributed by atoms with Crippen molar-refractivity contribution < 1.29 is 9.59 Å². The van der Waals surface area contributed by atoms with Gasteiger partial charge in [-0.25, -0.2) is 4.98 Å². The van der Waals surface area contributed by atoms with Gasteiger partial charge < -0.3 is 9.80 Å². The van der Waals surface area contributed by atoms with Gasteiger partial charge in [-0.15, -0.1) is 11.3 Å². The van der Waals surface area contributed by atoms with E-state index in [0.717, 1.165) is 23.0 Å². The Bertz CT molecular complexity index is 741. The minimum Gasteiger partial charge on any atom is -0.339 e. The third-order valence-corrected chi connectivity index (χ3v) is 6.47. The lowest BCUT2D eigenvalue weighted by Crippen LogP contribution is -2.51. The predicted octanol–water partition coefficient (Wildman–Crippen LogP) is 2.58. The van der Waals surface area contributed by atoms with E-state index in [2.05, 4.69) is 4.98 Å². The Morgan fingerprint density at radius 2 is 1.77 bits per heavy atom. The Morgan fingerprint density at radius 3 is 2.46 bits per heavy atom. The standard InChI is InChI=1S/C19H26N4O2S/c24-17(6-5-15-3-1-2-4-15)21-7-9-22(10-8-21)18(25)13-16-14-23-11-12-26-19(23)20-16/h11-12,14-15H,1-10,13H2. The van der Waals surface area contributed by atoms with Crippen LogP contribution >= 0.6 is 11.3 Å². The molecule has 1 aliphatic heterocycles. The summed E-state index contributed by atoms with van der Waals surface area (Å²) in [6, 6.07) is 0. The minimum atomic E-state index is 0.105. The van der Waals surface area contributed by atoms with Crippen molar-refractivity contribution in [3.05, 3.63) is 23.5 Å². The fraction of sp³-hybridized carbons (Fsp3) is 0.632. The molecule has 2 amide bonds. The van der Waals surface area contributed by atoms with E-state index < -0.39 is 0 Å². The molecule has 140 valence electrons. The van der Waals surface area contributed by atoms with Crippen molar-refractivity contribution >= 4 is 28.1 Å². The molecule has 1 saturated heterocycles. The number of imidazole rings is 1. The van der Waals surface area contributed by atoms with Gasteiger partial charge in [0.05, 0.1) is 12.1 Å². The SMILES string of the molecule is O=C(CCC1CCCC1)N1CCN(C(=O)Cc2cn3ccsc3n2)CC1. The summed E-state index contributed by atoms with van der Waals surface area (Å²) in [5.41, 5.74) is 0.817. The summed E-state index contributed by atoms with van der Waals surface area (Å²) in [6.45, 7) is 2.59. The first kappa shape index (κ1) is 17.5. The highest BCUT2D eigenvalue weighted by atomic mass is 32.1. The normalized spacial score (nSPS) is 18.8. The summed E-state index contributed by atoms with van der Waals surface area (Å²) in [5.74, 6) is 1.12. The Hall–Kier alpha value is -1.89. The summed E-state index contributed by atoms with van der Waals surface area (Å²) in [5, 5.41) is 1.98. The minimum absolute atomic E-state index is 0.105. The molecule has 0 spiro atoms. The zero-order valence-corrected chi connectivity index (χ0v) is 15.9. The van der Waals surface area contributed by atoms with Gasteiger partial charge in [0.2, 0.25) is 11.8 Å². The fourth-order valence-corrected chi connectivity index (χ4v) is 4.84. The van der Waals surface area contributed by atoms with Crippen LogP contribution in [0.4, 0.5) is 0 Å². The summed E-state index contributed by atoms with van der Waals surface area (Å²) < 4.78 is 1.95. The molecule has 0 aromatic carbocycles. The Kier molecular flexibility index (Phi) is 5.24. The maximum atomic E-state index is 12.5. The average Bonchev–Trinajstić information content (AvgIpc) is 3.37. The maximum Gasteiger partial charge on any atom is 0.228 e. The molecular weight excluding hydrogens is 348 g/mol. The number of fused-ring (bicyclic) bond motifs is 1. The van der Waals surface area contributed by atoms with Gasteiger partial charge in [-0.2, -0.15) is 0 Å². The first-order chi connectivity index (χ1) is 12.7. The predicted molar refractivity (Wildman–Crippen MR) is 101 cm³/mol. The Balaban J connectivity index is 1.22. The number of piperazine rings is 1. The highest BCUT2D eigenvalue weighted by Crippen LogP contribution is 2.28. The summed E-state index contributed by atoms with van der Waals surface area (Å²) in [4.78, 5) is 34.1. The van der Waals surface area contributed by atoms with Gasteiger partial charge in [0.1, 0.15) is 0 Å². The molecule has 2 aliphatic rings. The summed E-state index contributed by atoms with van der Waals surface area (Å²) in [6.07, 6.45) is 11.2. The molecule has 0 atom stereocenters. The van der Waals surface area contributed by atoms with Crippen molar-refractivity contribution in [3.8, 4) is 0 Å². The number of rotatable bonds is 5. The molecule has 0 bridgehead atoms. The number of nitrogens with zero attached hydrogens (tertiary/aromatic N) is 4. The van der Waals surface area contributed by atoms with Crippen LogP contribution in [0.5, 0.6) is 0 Å². The number of thiazole rings is 1. The first-order valence-electron chi connectivity index (χ1n) is 9.65. The molecule has 6 nitrogen and oxygen atoms in total. The number of carbonyl (C=O) groups excluding carboxylic acids is 2. The lowest BCUT2D eigenvalue weighted by atomic mass is 10.0. The number of hydrogen-bond donors (Lipinski definition) is 0. The first-order valence-corrected chi connectivity index (χ1v) is 10.5. The van der Waals surface area contributed by atoms with Crippen LogP contribution in [0.15, 0.2) is 17.8 Å². The molecule has 4 rings (SSSR count). The second-order valence-electron chi connectivity index (χ2n) is 7.45. The second-order valence-corrected chi connectivity index (χ2v) is 8.33. The molecule has 1 aliphatic carbocycles. The third-order valence-electron chi connectivity index (χ3n) is 5.70. The van der Waals surface area contributed by atoms with E-state index in [-0.39, 0.29) is 11.8 Å². The molecule has 0 radical (unpaired) electrons. The van der Waals surface area contributed by atoms with E-state index in [1.807, 2.05) is 32.0 Å². The number of carbonyl (C=O) groups is 2. The van der Waals surface area contributed by atoms with Crippen molar-refractivity contribution in [2.24, 2.45) is 5.92 Å². The zero-order valence-electron chi connectivity index (χ0n) is 15.1. The van der Waals surface area contributed by atoms with E-state index in [9.17, 15) is 9.59 Å². The van der Waals surface area contributed by atoms with Gasteiger partial charge >= 0.3 is 0 Å². The zero-order chi connectivity index (χ0) is 17.9. The molecule has 2 aromatic rings. The van der Waals surface area contributed by atoms with Gasteiger partial charge in [-0.3, -0.25) is 14.0 Å². The van der Waals surface area contributed by atoms with Crippen LogP contribution in [-0.2, 0) is 16.0 Å². The molecule has 0 N–H and O–H groups in total. The number of aromatic nitrogens is 2. The monoisotopic (exact) mass is 374 g/mol. The third kappa shape index (κ3) is 3.92. The van der Waals surface area contributed by atoms with Crippen LogP contribution < -0.4 is 0 Å². The van der Waals surface area contributed by atoms with E-state index in [1.165, 1.54) is 25.7 Å². The van der Waals surface area contributed by atoms with E-state index in [1.54, 1.807) is 11.3 Å². The largest absolute Gasteiger partial charge is 0.339 e. The summed E-state index contributed by atoms with van der Waals surface area (Å²) >= 11 is 1.57. The van der Waals surface area contributed by atoms with Crippen LogP contribution in [0, 0.1) is 5.92 Å². The Labute approximate surface area is 157 Å². The van der Waals surface area contributed by atoms with Gasteiger partial charge in [-0.1, -0.05) is 25.7 Å². The van der Waals surface area contributed by atoms with Gasteiger partial charge in [0.25, 0.3) is 0 Å². The molecule has 7 heteroatoms. The molecule has 3 heterocycles. The lowest BCUT2D eigenvalue weighted by molar-refractivity contribution is -0.139. The molecule has 2 fully saturated rings. The molecule has 1 saturated carbocycles.